The van der Waals surface area contributed by atoms with Crippen molar-refractivity contribution in [3.05, 3.63) is 61.9 Å². The molecule has 172 valence electrons. The predicted octanol–water partition coefficient (Wildman–Crippen LogP) is 4.42. The Labute approximate surface area is 212 Å². The molecule has 8 nitrogen and oxygen atoms in total. The number of aliphatic carboxylic acids is 1. The molecule has 2 aromatic rings. The molecule has 0 aromatic heterocycles. The molecule has 2 N–H and O–H groups in total. The third kappa shape index (κ3) is 6.75. The molecule has 3 rings (SSSR count). The lowest BCUT2D eigenvalue weighted by atomic mass is 10.2. The molecule has 0 atom stereocenters. The lowest BCUT2D eigenvalue weighted by molar-refractivity contribution is -0.139. The summed E-state index contributed by atoms with van der Waals surface area (Å²) in [4.78, 5) is 35.8. The van der Waals surface area contributed by atoms with Crippen molar-refractivity contribution < 1.29 is 29.0 Å². The van der Waals surface area contributed by atoms with Crippen molar-refractivity contribution in [2.45, 2.75) is 0 Å². The molecule has 1 saturated heterocycles. The van der Waals surface area contributed by atoms with E-state index in [0.717, 1.165) is 16.8 Å². The monoisotopic (exact) mass is 546 g/mol. The molecule has 1 aliphatic heterocycles. The lowest BCUT2D eigenvalue weighted by Gasteiger charge is -2.16. The molecule has 0 unspecified atom stereocenters. The summed E-state index contributed by atoms with van der Waals surface area (Å²) in [6.45, 7) is -0.912. The zero-order valence-electron chi connectivity index (χ0n) is 16.3. The molecule has 0 aliphatic carbocycles. The summed E-state index contributed by atoms with van der Waals surface area (Å²) >= 11 is 24.0. The van der Waals surface area contributed by atoms with Gasteiger partial charge in [0.05, 0.1) is 20.0 Å². The zero-order valence-corrected chi connectivity index (χ0v) is 20.2. The van der Waals surface area contributed by atoms with Gasteiger partial charge >= 0.3 is 5.97 Å². The number of hydrazine groups is 1. The number of nitrogens with one attached hydrogen (secondary N) is 1. The fraction of sp³-hybridized carbons (Fsp3) is 0.100. The van der Waals surface area contributed by atoms with Gasteiger partial charge in [-0.25, -0.2) is 4.79 Å². The molecule has 0 bridgehead atoms. The Bertz CT molecular complexity index is 1160. The van der Waals surface area contributed by atoms with Gasteiger partial charge in [-0.2, -0.15) is 5.01 Å². The topological polar surface area (TPSA) is 105 Å². The Morgan fingerprint density at radius 3 is 2.39 bits per heavy atom. The summed E-state index contributed by atoms with van der Waals surface area (Å²) in [5.74, 6) is -1.72. The minimum atomic E-state index is -1.09. The van der Waals surface area contributed by atoms with Crippen LogP contribution in [-0.4, -0.2) is 45.4 Å². The first kappa shape index (κ1) is 25.1. The SMILES string of the molecule is O=C(O)COc1ccc(C=C2SC(=S)N(NC(=O)COc3cc(Cl)c(Cl)cc3Cl)C2=O)cc1. The Morgan fingerprint density at radius 2 is 1.73 bits per heavy atom. The van der Waals surface area contributed by atoms with Gasteiger partial charge in [0.15, 0.2) is 17.5 Å². The molecule has 2 aromatic carbocycles. The van der Waals surface area contributed by atoms with Crippen LogP contribution in [0.1, 0.15) is 5.56 Å². The average molecular weight is 548 g/mol. The highest BCUT2D eigenvalue weighted by Crippen LogP contribution is 2.34. The van der Waals surface area contributed by atoms with Gasteiger partial charge in [-0.1, -0.05) is 58.7 Å². The van der Waals surface area contributed by atoms with Crippen molar-refractivity contribution in [3.63, 3.8) is 0 Å². The van der Waals surface area contributed by atoms with E-state index in [0.29, 0.717) is 11.3 Å². The summed E-state index contributed by atoms with van der Waals surface area (Å²) in [7, 11) is 0. The number of hydrogen-bond donors (Lipinski definition) is 2. The number of benzene rings is 2. The Morgan fingerprint density at radius 1 is 1.06 bits per heavy atom. The molecule has 33 heavy (non-hydrogen) atoms. The Kier molecular flexibility index (Phi) is 8.44. The number of halogens is 3. The number of carboxylic acids is 1. The van der Waals surface area contributed by atoms with E-state index in [-0.39, 0.29) is 30.0 Å². The first-order chi connectivity index (χ1) is 15.6. The van der Waals surface area contributed by atoms with Crippen LogP contribution in [0, 0.1) is 0 Å². The van der Waals surface area contributed by atoms with Crippen LogP contribution in [0.5, 0.6) is 11.5 Å². The molecule has 0 saturated carbocycles. The highest BCUT2D eigenvalue weighted by molar-refractivity contribution is 8.26. The van der Waals surface area contributed by atoms with E-state index in [9.17, 15) is 14.4 Å². The summed E-state index contributed by atoms with van der Waals surface area (Å²) in [6.07, 6.45) is 1.58. The van der Waals surface area contributed by atoms with Gasteiger partial charge in [-0.3, -0.25) is 15.0 Å². The highest BCUT2D eigenvalue weighted by Gasteiger charge is 2.33. The van der Waals surface area contributed by atoms with Crippen LogP contribution in [0.15, 0.2) is 41.3 Å². The van der Waals surface area contributed by atoms with Gasteiger partial charge < -0.3 is 14.6 Å². The number of ether oxygens (including phenoxy) is 2. The van der Waals surface area contributed by atoms with Crippen LogP contribution in [0.4, 0.5) is 0 Å². The summed E-state index contributed by atoms with van der Waals surface area (Å²) in [5, 5.41) is 10.2. The standard InChI is InChI=1S/C20H13Cl3N2O6S2/c21-12-6-14(23)15(7-13(12)22)31-8-17(26)24-25-19(29)16(33-20(25)32)5-10-1-3-11(4-2-10)30-9-18(27)28/h1-7H,8-9H2,(H,24,26)(H,27,28). The van der Waals surface area contributed by atoms with Gasteiger partial charge in [-0.05, 0) is 42.1 Å². The second-order valence-electron chi connectivity index (χ2n) is 6.29. The Balaban J connectivity index is 1.60. The molecular formula is C20H13Cl3N2O6S2. The fourth-order valence-corrected chi connectivity index (χ4v) is 4.21. The lowest BCUT2D eigenvalue weighted by Crippen LogP contribution is -2.46. The van der Waals surface area contributed by atoms with Crippen molar-refractivity contribution in [2.75, 3.05) is 13.2 Å². The van der Waals surface area contributed by atoms with Crippen LogP contribution >= 0.6 is 58.8 Å². The number of thiocarbonyl (C=S) groups is 1. The maximum Gasteiger partial charge on any atom is 0.341 e. The van der Waals surface area contributed by atoms with Crippen LogP contribution in [-0.2, 0) is 14.4 Å². The highest BCUT2D eigenvalue weighted by atomic mass is 35.5. The third-order valence-electron chi connectivity index (χ3n) is 3.90. The minimum absolute atomic E-state index is 0.133. The van der Waals surface area contributed by atoms with Crippen LogP contribution in [0.3, 0.4) is 0 Å². The largest absolute Gasteiger partial charge is 0.482 e. The van der Waals surface area contributed by atoms with E-state index in [2.05, 4.69) is 5.43 Å². The van der Waals surface area contributed by atoms with Crippen molar-refractivity contribution >= 4 is 87.0 Å². The molecule has 2 amide bonds. The normalized spacial score (nSPS) is 14.5. The summed E-state index contributed by atoms with van der Waals surface area (Å²) < 4.78 is 10.5. The summed E-state index contributed by atoms with van der Waals surface area (Å²) in [5.41, 5.74) is 3.04. The smallest absolute Gasteiger partial charge is 0.341 e. The van der Waals surface area contributed by atoms with Gasteiger partial charge in [0.1, 0.15) is 11.5 Å². The van der Waals surface area contributed by atoms with E-state index in [1.165, 1.54) is 12.1 Å². The number of thioether (sulfide) groups is 1. The number of carboxylic acid groups (broad SMARTS) is 1. The van der Waals surface area contributed by atoms with E-state index in [4.69, 9.17) is 61.6 Å². The van der Waals surface area contributed by atoms with Gasteiger partial charge in [0, 0.05) is 6.07 Å². The van der Waals surface area contributed by atoms with Gasteiger partial charge in [0.2, 0.25) is 0 Å². The maximum absolute atomic E-state index is 12.7. The fourth-order valence-electron chi connectivity index (χ4n) is 2.44. The second-order valence-corrected chi connectivity index (χ2v) is 9.19. The quantitative estimate of drug-likeness (QED) is 0.284. The maximum atomic E-state index is 12.7. The predicted molar refractivity (Wildman–Crippen MR) is 130 cm³/mol. The van der Waals surface area contributed by atoms with E-state index in [1.54, 1.807) is 30.3 Å². The second kappa shape index (κ2) is 11.1. The molecule has 0 radical (unpaired) electrons. The van der Waals surface area contributed by atoms with Gasteiger partial charge in [-0.15, -0.1) is 0 Å². The Hall–Kier alpha value is -2.50. The minimum Gasteiger partial charge on any atom is -0.482 e. The van der Waals surface area contributed by atoms with Crippen LogP contribution < -0.4 is 14.9 Å². The molecule has 1 heterocycles. The van der Waals surface area contributed by atoms with E-state index < -0.39 is 31.0 Å². The molecule has 1 aliphatic rings. The first-order valence-corrected chi connectivity index (χ1v) is 11.3. The van der Waals surface area contributed by atoms with Crippen molar-refractivity contribution in [2.24, 2.45) is 0 Å². The summed E-state index contributed by atoms with van der Waals surface area (Å²) in [6, 6.07) is 9.20. The molecule has 1 fully saturated rings. The average Bonchev–Trinajstić information content (AvgIpc) is 3.02. The van der Waals surface area contributed by atoms with Crippen LogP contribution in [0.25, 0.3) is 6.08 Å². The number of carbonyl (C=O) groups is 3. The number of rotatable bonds is 8. The molecule has 13 heteroatoms. The zero-order chi connectivity index (χ0) is 24.1. The van der Waals surface area contributed by atoms with Crippen LogP contribution in [0.2, 0.25) is 15.1 Å². The number of amides is 2. The third-order valence-corrected chi connectivity index (χ3v) is 6.22. The van der Waals surface area contributed by atoms with Crippen molar-refractivity contribution in [1.82, 2.24) is 10.4 Å². The molecular weight excluding hydrogens is 535 g/mol. The van der Waals surface area contributed by atoms with Crippen molar-refractivity contribution in [3.8, 4) is 11.5 Å². The molecule has 0 spiro atoms. The number of nitrogens with zero attached hydrogens (tertiary/aromatic N) is 1. The van der Waals surface area contributed by atoms with E-state index >= 15 is 0 Å². The van der Waals surface area contributed by atoms with E-state index in [1.807, 2.05) is 0 Å². The van der Waals surface area contributed by atoms with Gasteiger partial charge in [0.25, 0.3) is 11.8 Å². The number of carbonyl (C=O) groups excluding carboxylic acids is 2. The number of hydrogen-bond acceptors (Lipinski definition) is 7. The van der Waals surface area contributed by atoms with Crippen molar-refractivity contribution in [1.29, 1.82) is 0 Å². The first-order valence-electron chi connectivity index (χ1n) is 8.93.